The first-order valence-electron chi connectivity index (χ1n) is 4.30. The van der Waals surface area contributed by atoms with Crippen molar-refractivity contribution in [2.75, 3.05) is 0 Å². The van der Waals surface area contributed by atoms with Crippen molar-refractivity contribution in [1.82, 2.24) is 9.97 Å². The molecule has 3 nitrogen and oxygen atoms in total. The lowest BCUT2D eigenvalue weighted by Crippen LogP contribution is -2.28. The lowest BCUT2D eigenvalue weighted by molar-refractivity contribution is 0.558. The molecule has 13 heavy (non-hydrogen) atoms. The Bertz CT molecular complexity index is 423. The smallest absolute Gasteiger partial charge is 0.0929 e. The monoisotopic (exact) mass is 175 g/mol. The van der Waals surface area contributed by atoms with Crippen LogP contribution in [0.4, 0.5) is 0 Å². The summed E-state index contributed by atoms with van der Waals surface area (Å²) in [5, 5.41) is 0. The highest BCUT2D eigenvalue weighted by Gasteiger charge is 2.18. The first kappa shape index (κ1) is 8.26. The highest BCUT2D eigenvalue weighted by atomic mass is 14.8. The van der Waals surface area contributed by atoms with Crippen LogP contribution >= 0.6 is 0 Å². The minimum absolute atomic E-state index is 0.341. The molecule has 0 unspecified atom stereocenters. The van der Waals surface area contributed by atoms with Crippen LogP contribution in [0.15, 0.2) is 24.5 Å². The first-order valence-corrected chi connectivity index (χ1v) is 4.30. The fourth-order valence-electron chi connectivity index (χ4n) is 1.45. The summed E-state index contributed by atoms with van der Waals surface area (Å²) in [6, 6.07) is 3.91. The number of hydrogen-bond acceptors (Lipinski definition) is 2. The SMILES string of the molecule is CC(C)(N)c1c[nH]c2cccnc12. The van der Waals surface area contributed by atoms with Crippen LogP contribution in [0.25, 0.3) is 11.0 Å². The molecule has 2 aromatic rings. The van der Waals surface area contributed by atoms with Crippen molar-refractivity contribution >= 4 is 11.0 Å². The molecule has 0 fully saturated rings. The minimum Gasteiger partial charge on any atom is -0.359 e. The Kier molecular flexibility index (Phi) is 1.63. The van der Waals surface area contributed by atoms with Crippen LogP contribution in [0, 0.1) is 0 Å². The molecular weight excluding hydrogens is 162 g/mol. The number of nitrogens with one attached hydrogen (secondary N) is 1. The van der Waals surface area contributed by atoms with Gasteiger partial charge in [0.05, 0.1) is 11.0 Å². The summed E-state index contributed by atoms with van der Waals surface area (Å²) in [5.74, 6) is 0. The quantitative estimate of drug-likeness (QED) is 0.693. The summed E-state index contributed by atoms with van der Waals surface area (Å²) in [4.78, 5) is 7.45. The fraction of sp³-hybridized carbons (Fsp3) is 0.300. The second kappa shape index (κ2) is 2.57. The second-order valence-corrected chi connectivity index (χ2v) is 3.82. The van der Waals surface area contributed by atoms with Gasteiger partial charge in [-0.3, -0.25) is 4.98 Å². The third kappa shape index (κ3) is 1.31. The van der Waals surface area contributed by atoms with Crippen LogP contribution in [0.1, 0.15) is 19.4 Å². The van der Waals surface area contributed by atoms with Gasteiger partial charge < -0.3 is 10.7 Å². The highest BCUT2D eigenvalue weighted by Crippen LogP contribution is 2.24. The van der Waals surface area contributed by atoms with Gasteiger partial charge in [0.25, 0.3) is 0 Å². The van der Waals surface area contributed by atoms with Crippen molar-refractivity contribution in [2.45, 2.75) is 19.4 Å². The summed E-state index contributed by atoms with van der Waals surface area (Å²) in [5.41, 5.74) is 8.73. The number of fused-ring (bicyclic) bond motifs is 1. The zero-order valence-corrected chi connectivity index (χ0v) is 7.83. The Balaban J connectivity index is 2.72. The van der Waals surface area contributed by atoms with Crippen LogP contribution in [-0.4, -0.2) is 9.97 Å². The maximum Gasteiger partial charge on any atom is 0.0929 e. The van der Waals surface area contributed by atoms with Crippen molar-refractivity contribution < 1.29 is 0 Å². The molecule has 0 radical (unpaired) electrons. The Hall–Kier alpha value is -1.35. The van der Waals surface area contributed by atoms with E-state index in [0.29, 0.717) is 0 Å². The lowest BCUT2D eigenvalue weighted by atomic mass is 9.98. The van der Waals surface area contributed by atoms with Crippen molar-refractivity contribution in [2.24, 2.45) is 5.73 Å². The standard InChI is InChI=1S/C10H13N3/c1-10(2,11)7-6-13-8-4-3-5-12-9(7)8/h3-6,13H,11H2,1-2H3. The molecule has 2 aromatic heterocycles. The number of aromatic nitrogens is 2. The number of aromatic amines is 1. The maximum absolute atomic E-state index is 6.01. The molecule has 0 spiro atoms. The van der Waals surface area contributed by atoms with E-state index < -0.39 is 0 Å². The molecule has 0 saturated carbocycles. The van der Waals surface area contributed by atoms with Crippen LogP contribution in [0.2, 0.25) is 0 Å². The molecule has 0 aliphatic carbocycles. The van der Waals surface area contributed by atoms with Crippen molar-refractivity contribution in [3.63, 3.8) is 0 Å². The molecule has 0 aromatic carbocycles. The predicted octanol–water partition coefficient (Wildman–Crippen LogP) is 1.76. The number of hydrogen-bond donors (Lipinski definition) is 2. The molecule has 0 aliphatic heterocycles. The summed E-state index contributed by atoms with van der Waals surface area (Å²) < 4.78 is 0. The molecule has 0 aliphatic rings. The van der Waals surface area contributed by atoms with Gasteiger partial charge in [-0.1, -0.05) is 0 Å². The van der Waals surface area contributed by atoms with Crippen molar-refractivity contribution in [3.8, 4) is 0 Å². The summed E-state index contributed by atoms with van der Waals surface area (Å²) in [6.45, 7) is 3.95. The fourth-order valence-corrected chi connectivity index (χ4v) is 1.45. The van der Waals surface area contributed by atoms with E-state index in [9.17, 15) is 0 Å². The topological polar surface area (TPSA) is 54.7 Å². The van der Waals surface area contributed by atoms with E-state index in [2.05, 4.69) is 9.97 Å². The number of nitrogens with two attached hydrogens (primary N) is 1. The normalized spacial score (nSPS) is 12.2. The largest absolute Gasteiger partial charge is 0.359 e. The van der Waals surface area contributed by atoms with Crippen LogP contribution < -0.4 is 5.73 Å². The predicted molar refractivity (Wildman–Crippen MR) is 53.3 cm³/mol. The van der Waals surface area contributed by atoms with Gasteiger partial charge in [0.2, 0.25) is 0 Å². The molecule has 0 atom stereocenters. The zero-order valence-electron chi connectivity index (χ0n) is 7.83. The first-order chi connectivity index (χ1) is 6.09. The number of rotatable bonds is 1. The number of pyridine rings is 1. The summed E-state index contributed by atoms with van der Waals surface area (Å²) in [6.07, 6.45) is 3.71. The zero-order chi connectivity index (χ0) is 9.47. The van der Waals surface area contributed by atoms with Gasteiger partial charge in [0.1, 0.15) is 0 Å². The van der Waals surface area contributed by atoms with Gasteiger partial charge >= 0.3 is 0 Å². The average Bonchev–Trinajstić information content (AvgIpc) is 2.45. The van der Waals surface area contributed by atoms with Gasteiger partial charge in [0.15, 0.2) is 0 Å². The Morgan fingerprint density at radius 1 is 1.46 bits per heavy atom. The molecule has 2 heterocycles. The van der Waals surface area contributed by atoms with Crippen LogP contribution in [-0.2, 0) is 5.54 Å². The summed E-state index contributed by atoms with van der Waals surface area (Å²) in [7, 11) is 0. The maximum atomic E-state index is 6.01. The van der Waals surface area contributed by atoms with Crippen LogP contribution in [0.3, 0.4) is 0 Å². The van der Waals surface area contributed by atoms with Gasteiger partial charge in [-0.05, 0) is 26.0 Å². The second-order valence-electron chi connectivity index (χ2n) is 3.82. The third-order valence-electron chi connectivity index (χ3n) is 2.13. The van der Waals surface area contributed by atoms with Gasteiger partial charge in [-0.2, -0.15) is 0 Å². The highest BCUT2D eigenvalue weighted by molar-refractivity contribution is 5.79. The van der Waals surface area contributed by atoms with E-state index in [4.69, 9.17) is 5.73 Å². The molecule has 0 bridgehead atoms. The van der Waals surface area contributed by atoms with E-state index in [1.165, 1.54) is 0 Å². The summed E-state index contributed by atoms with van der Waals surface area (Å²) >= 11 is 0. The van der Waals surface area contributed by atoms with Gasteiger partial charge in [-0.15, -0.1) is 0 Å². The molecule has 3 heteroatoms. The molecule has 68 valence electrons. The van der Waals surface area contributed by atoms with Gasteiger partial charge in [0, 0.05) is 23.5 Å². The Labute approximate surface area is 77.0 Å². The Morgan fingerprint density at radius 2 is 2.23 bits per heavy atom. The third-order valence-corrected chi connectivity index (χ3v) is 2.13. The number of H-pyrrole nitrogens is 1. The molecule has 2 rings (SSSR count). The van der Waals surface area contributed by atoms with Crippen molar-refractivity contribution in [1.29, 1.82) is 0 Å². The molecule has 3 N–H and O–H groups in total. The van der Waals surface area contributed by atoms with Gasteiger partial charge in [-0.25, -0.2) is 0 Å². The van der Waals surface area contributed by atoms with E-state index in [1.807, 2.05) is 32.2 Å². The molecular formula is C10H13N3. The lowest BCUT2D eigenvalue weighted by Gasteiger charge is -2.16. The van der Waals surface area contributed by atoms with E-state index in [-0.39, 0.29) is 5.54 Å². The van der Waals surface area contributed by atoms with E-state index >= 15 is 0 Å². The van der Waals surface area contributed by atoms with E-state index in [0.717, 1.165) is 16.6 Å². The molecule has 0 saturated heterocycles. The molecule has 0 amide bonds. The minimum atomic E-state index is -0.341. The van der Waals surface area contributed by atoms with E-state index in [1.54, 1.807) is 6.20 Å². The average molecular weight is 175 g/mol. The Morgan fingerprint density at radius 3 is 2.92 bits per heavy atom. The number of nitrogens with zero attached hydrogens (tertiary/aromatic N) is 1. The van der Waals surface area contributed by atoms with Crippen LogP contribution in [0.5, 0.6) is 0 Å². The van der Waals surface area contributed by atoms with Crippen molar-refractivity contribution in [3.05, 3.63) is 30.1 Å².